The minimum atomic E-state index is 1.08. The van der Waals surface area contributed by atoms with Gasteiger partial charge in [0, 0.05) is 26.2 Å². The molecule has 0 aliphatic carbocycles. The minimum Gasteiger partial charge on any atom is -0.375 e. The van der Waals surface area contributed by atoms with E-state index >= 15 is 0 Å². The lowest BCUT2D eigenvalue weighted by molar-refractivity contribution is 0.324. The standard InChI is InChI=1S/C8H13N2/c1-2-3-6-10-7-4-9-5-8-10/h1-3,6,9H,4-5,7-8H2. The molecule has 0 amide bonds. The Bertz CT molecular complexity index is 123. The lowest BCUT2D eigenvalue weighted by Crippen LogP contribution is -2.40. The molecule has 0 bridgehead atoms. The summed E-state index contributed by atoms with van der Waals surface area (Å²) in [5.74, 6) is 0. The van der Waals surface area contributed by atoms with E-state index in [0.717, 1.165) is 26.2 Å². The molecule has 1 rings (SSSR count). The highest BCUT2D eigenvalue weighted by Gasteiger charge is 2.02. The summed E-state index contributed by atoms with van der Waals surface area (Å²) in [5.41, 5.74) is 0. The molecule has 2 nitrogen and oxygen atoms in total. The fourth-order valence-electron chi connectivity index (χ4n) is 1.00. The highest BCUT2D eigenvalue weighted by atomic mass is 15.2. The Morgan fingerprint density at radius 3 is 2.60 bits per heavy atom. The molecule has 1 N–H and O–H groups in total. The van der Waals surface area contributed by atoms with Crippen molar-refractivity contribution in [2.75, 3.05) is 26.2 Å². The van der Waals surface area contributed by atoms with Gasteiger partial charge in [-0.2, -0.15) is 0 Å². The zero-order valence-electron chi connectivity index (χ0n) is 6.09. The smallest absolute Gasteiger partial charge is 0.0298 e. The fraction of sp³-hybridized carbons (Fsp3) is 0.500. The van der Waals surface area contributed by atoms with Crippen LogP contribution in [0.1, 0.15) is 0 Å². The Morgan fingerprint density at radius 1 is 1.30 bits per heavy atom. The van der Waals surface area contributed by atoms with Crippen LogP contribution in [-0.4, -0.2) is 31.1 Å². The van der Waals surface area contributed by atoms with Crippen LogP contribution in [0.15, 0.2) is 18.4 Å². The van der Waals surface area contributed by atoms with Crippen LogP contribution in [0.2, 0.25) is 0 Å². The van der Waals surface area contributed by atoms with Gasteiger partial charge in [-0.15, -0.1) is 0 Å². The summed E-state index contributed by atoms with van der Waals surface area (Å²) in [4.78, 5) is 2.25. The van der Waals surface area contributed by atoms with Gasteiger partial charge in [0.05, 0.1) is 0 Å². The van der Waals surface area contributed by atoms with Crippen LogP contribution in [-0.2, 0) is 0 Å². The molecule has 55 valence electrons. The van der Waals surface area contributed by atoms with Gasteiger partial charge < -0.3 is 10.2 Å². The van der Waals surface area contributed by atoms with E-state index in [9.17, 15) is 0 Å². The van der Waals surface area contributed by atoms with Crippen LogP contribution in [0.4, 0.5) is 0 Å². The second-order valence-electron chi connectivity index (χ2n) is 2.32. The Morgan fingerprint density at radius 2 is 2.00 bits per heavy atom. The van der Waals surface area contributed by atoms with Crippen molar-refractivity contribution in [2.24, 2.45) is 0 Å². The predicted octanol–water partition coefficient (Wildman–Crippen LogP) is 0.394. The highest BCUT2D eigenvalue weighted by molar-refractivity contribution is 4.96. The first-order valence-corrected chi connectivity index (χ1v) is 3.60. The number of allylic oxidation sites excluding steroid dienone is 2. The third-order valence-electron chi connectivity index (χ3n) is 1.56. The first-order chi connectivity index (χ1) is 4.93. The number of nitrogens with zero attached hydrogens (tertiary/aromatic N) is 1. The van der Waals surface area contributed by atoms with Gasteiger partial charge in [-0.25, -0.2) is 0 Å². The average Bonchev–Trinajstić information content (AvgIpc) is 2.03. The van der Waals surface area contributed by atoms with Gasteiger partial charge in [-0.3, -0.25) is 0 Å². The molecular formula is C8H13N2. The summed E-state index contributed by atoms with van der Waals surface area (Å²) in [5, 5.41) is 3.27. The van der Waals surface area contributed by atoms with E-state index in [2.05, 4.69) is 10.2 Å². The second kappa shape index (κ2) is 4.12. The van der Waals surface area contributed by atoms with Crippen molar-refractivity contribution in [2.45, 2.75) is 0 Å². The van der Waals surface area contributed by atoms with Crippen molar-refractivity contribution in [3.8, 4) is 0 Å². The van der Waals surface area contributed by atoms with Crippen molar-refractivity contribution in [1.82, 2.24) is 10.2 Å². The maximum Gasteiger partial charge on any atom is 0.0298 e. The van der Waals surface area contributed by atoms with E-state index < -0.39 is 0 Å². The first-order valence-electron chi connectivity index (χ1n) is 3.60. The van der Waals surface area contributed by atoms with Crippen molar-refractivity contribution >= 4 is 0 Å². The van der Waals surface area contributed by atoms with Crippen molar-refractivity contribution in [1.29, 1.82) is 0 Å². The van der Waals surface area contributed by atoms with Crippen LogP contribution in [0.5, 0.6) is 0 Å². The Kier molecular flexibility index (Phi) is 3.03. The molecule has 1 saturated heterocycles. The average molecular weight is 137 g/mol. The molecule has 0 aromatic carbocycles. The molecule has 0 atom stereocenters. The van der Waals surface area contributed by atoms with Crippen LogP contribution in [0, 0.1) is 6.58 Å². The van der Waals surface area contributed by atoms with Crippen molar-refractivity contribution < 1.29 is 0 Å². The molecule has 2 heteroatoms. The number of rotatable bonds is 2. The van der Waals surface area contributed by atoms with Crippen LogP contribution < -0.4 is 5.32 Å². The lowest BCUT2D eigenvalue weighted by atomic mass is 10.4. The van der Waals surface area contributed by atoms with Crippen LogP contribution >= 0.6 is 0 Å². The topological polar surface area (TPSA) is 15.3 Å². The Hall–Kier alpha value is -0.760. The maximum absolute atomic E-state index is 5.19. The van der Waals surface area contributed by atoms with E-state index in [1.807, 2.05) is 12.3 Å². The third-order valence-corrected chi connectivity index (χ3v) is 1.56. The quantitative estimate of drug-likeness (QED) is 0.554. The van der Waals surface area contributed by atoms with E-state index in [-0.39, 0.29) is 0 Å². The highest BCUT2D eigenvalue weighted by Crippen LogP contribution is 1.92. The molecule has 10 heavy (non-hydrogen) atoms. The zero-order valence-corrected chi connectivity index (χ0v) is 6.09. The molecule has 1 aliphatic rings. The molecule has 0 unspecified atom stereocenters. The van der Waals surface area contributed by atoms with Gasteiger partial charge in [0.25, 0.3) is 0 Å². The third kappa shape index (κ3) is 2.23. The number of piperazine rings is 1. The number of hydrogen-bond acceptors (Lipinski definition) is 2. The van der Waals surface area contributed by atoms with Gasteiger partial charge in [-0.1, -0.05) is 12.7 Å². The molecular weight excluding hydrogens is 124 g/mol. The van der Waals surface area contributed by atoms with Crippen molar-refractivity contribution in [3.63, 3.8) is 0 Å². The summed E-state index contributed by atoms with van der Waals surface area (Å²) < 4.78 is 0. The fourth-order valence-corrected chi connectivity index (χ4v) is 1.00. The van der Waals surface area contributed by atoms with Gasteiger partial charge in [0.1, 0.15) is 0 Å². The summed E-state index contributed by atoms with van der Waals surface area (Å²) >= 11 is 0. The van der Waals surface area contributed by atoms with Crippen LogP contribution in [0.25, 0.3) is 0 Å². The summed E-state index contributed by atoms with van der Waals surface area (Å²) in [6.07, 6.45) is 5.45. The number of nitrogens with one attached hydrogen (secondary N) is 1. The van der Waals surface area contributed by atoms with Crippen molar-refractivity contribution in [3.05, 3.63) is 24.9 Å². The molecule has 1 aliphatic heterocycles. The zero-order chi connectivity index (χ0) is 7.23. The van der Waals surface area contributed by atoms with Crippen LogP contribution in [0.3, 0.4) is 0 Å². The monoisotopic (exact) mass is 137 g/mol. The molecule has 0 saturated carbocycles. The normalized spacial score (nSPS) is 19.8. The van der Waals surface area contributed by atoms with Gasteiger partial charge >= 0.3 is 0 Å². The Labute approximate surface area is 62.2 Å². The summed E-state index contributed by atoms with van der Waals surface area (Å²) in [6, 6.07) is 0. The maximum atomic E-state index is 5.19. The molecule has 0 aromatic rings. The van der Waals surface area contributed by atoms with E-state index in [0.29, 0.717) is 0 Å². The molecule has 0 spiro atoms. The van der Waals surface area contributed by atoms with E-state index in [1.165, 1.54) is 0 Å². The number of hydrogen-bond donors (Lipinski definition) is 1. The molecule has 1 fully saturated rings. The SMILES string of the molecule is [CH]=CC=CN1CCNCC1. The molecule has 1 radical (unpaired) electrons. The first kappa shape index (κ1) is 7.35. The minimum absolute atomic E-state index is 1.08. The summed E-state index contributed by atoms with van der Waals surface area (Å²) in [6.45, 7) is 9.52. The second-order valence-corrected chi connectivity index (χ2v) is 2.32. The molecule has 0 aromatic heterocycles. The Balaban J connectivity index is 2.25. The lowest BCUT2D eigenvalue weighted by Gasteiger charge is -2.25. The van der Waals surface area contributed by atoms with Gasteiger partial charge in [0.2, 0.25) is 0 Å². The summed E-state index contributed by atoms with van der Waals surface area (Å²) in [7, 11) is 0. The predicted molar refractivity (Wildman–Crippen MR) is 42.5 cm³/mol. The van der Waals surface area contributed by atoms with E-state index in [1.54, 1.807) is 6.08 Å². The van der Waals surface area contributed by atoms with E-state index in [4.69, 9.17) is 6.58 Å². The van der Waals surface area contributed by atoms with Gasteiger partial charge in [0.15, 0.2) is 0 Å². The van der Waals surface area contributed by atoms with Gasteiger partial charge in [-0.05, 0) is 12.3 Å². The molecule has 1 heterocycles. The largest absolute Gasteiger partial charge is 0.375 e.